The average Bonchev–Trinajstić information content (AvgIpc) is 2.80. The molecule has 0 saturated carbocycles. The van der Waals surface area contributed by atoms with E-state index in [1.165, 1.54) is 21.6 Å². The highest BCUT2D eigenvalue weighted by atomic mass is 33.1. The van der Waals surface area contributed by atoms with E-state index in [0.717, 1.165) is 4.90 Å². The number of esters is 1. The number of amides is 2. The Morgan fingerprint density at radius 1 is 1.26 bits per heavy atom. The molecule has 0 spiro atoms. The van der Waals surface area contributed by atoms with Crippen LogP contribution in [0.4, 0.5) is 0 Å². The molecule has 0 aliphatic carbocycles. The lowest BCUT2D eigenvalue weighted by Gasteiger charge is -2.23. The van der Waals surface area contributed by atoms with E-state index in [1.54, 1.807) is 37.3 Å². The number of hydrogen-bond acceptors (Lipinski definition) is 6. The smallest absolute Gasteiger partial charge is 0.330 e. The van der Waals surface area contributed by atoms with Crippen LogP contribution in [0.15, 0.2) is 36.9 Å². The predicted octanol–water partition coefficient (Wildman–Crippen LogP) is 2.78. The van der Waals surface area contributed by atoms with Gasteiger partial charge in [0.1, 0.15) is 6.04 Å². The minimum absolute atomic E-state index is 0.197. The molecule has 7 heteroatoms. The van der Waals surface area contributed by atoms with Crippen molar-refractivity contribution in [1.82, 2.24) is 4.90 Å². The van der Waals surface area contributed by atoms with Crippen LogP contribution < -0.4 is 0 Å². The Labute approximate surface area is 142 Å². The maximum atomic E-state index is 12.5. The van der Waals surface area contributed by atoms with Gasteiger partial charge < -0.3 is 4.74 Å². The van der Waals surface area contributed by atoms with Crippen LogP contribution >= 0.6 is 21.6 Å². The summed E-state index contributed by atoms with van der Waals surface area (Å²) in [5.41, 5.74) is 0.658. The Balaban J connectivity index is 2.21. The number of benzene rings is 1. The minimum Gasteiger partial charge on any atom is -0.464 e. The van der Waals surface area contributed by atoms with E-state index in [0.29, 0.717) is 16.9 Å². The van der Waals surface area contributed by atoms with Crippen LogP contribution in [-0.2, 0) is 9.53 Å². The zero-order chi connectivity index (χ0) is 16.8. The van der Waals surface area contributed by atoms with E-state index < -0.39 is 23.8 Å². The van der Waals surface area contributed by atoms with Gasteiger partial charge in [-0.25, -0.2) is 4.79 Å². The molecule has 1 aromatic carbocycles. The molecule has 0 radical (unpaired) electrons. The van der Waals surface area contributed by atoms with Gasteiger partial charge in [-0.3, -0.25) is 14.5 Å². The van der Waals surface area contributed by atoms with Gasteiger partial charge in [0.15, 0.2) is 0 Å². The van der Waals surface area contributed by atoms with Crippen molar-refractivity contribution in [1.29, 1.82) is 0 Å². The predicted molar refractivity (Wildman–Crippen MR) is 92.5 cm³/mol. The first-order valence-electron chi connectivity index (χ1n) is 7.10. The quantitative estimate of drug-likeness (QED) is 0.236. The standard InChI is InChI=1S/C16H17NO4S2/c1-3-9-22-23-10-13(16(20)21-4-2)17-14(18)11-7-5-6-8-12(11)15(17)19/h3,5-8,13H,1,4,9-10H2,2H3. The van der Waals surface area contributed by atoms with E-state index >= 15 is 0 Å². The molecule has 122 valence electrons. The fourth-order valence-electron chi connectivity index (χ4n) is 2.19. The summed E-state index contributed by atoms with van der Waals surface area (Å²) < 4.78 is 5.04. The summed E-state index contributed by atoms with van der Waals surface area (Å²) in [5.74, 6) is -0.463. The highest BCUT2D eigenvalue weighted by Gasteiger charge is 2.43. The molecule has 1 unspecified atom stereocenters. The lowest BCUT2D eigenvalue weighted by molar-refractivity contribution is -0.146. The number of ether oxygens (including phenoxy) is 1. The Morgan fingerprint density at radius 2 is 1.87 bits per heavy atom. The second-order valence-corrected chi connectivity index (χ2v) is 7.20. The first-order valence-corrected chi connectivity index (χ1v) is 9.59. The van der Waals surface area contributed by atoms with Crippen molar-refractivity contribution in [3.8, 4) is 0 Å². The largest absolute Gasteiger partial charge is 0.464 e. The minimum atomic E-state index is -0.926. The third-order valence-corrected chi connectivity index (χ3v) is 5.50. The first-order chi connectivity index (χ1) is 11.1. The number of carbonyl (C=O) groups is 3. The lowest BCUT2D eigenvalue weighted by atomic mass is 10.1. The van der Waals surface area contributed by atoms with Crippen molar-refractivity contribution in [2.75, 3.05) is 18.1 Å². The van der Waals surface area contributed by atoms with Crippen LogP contribution in [-0.4, -0.2) is 46.8 Å². The van der Waals surface area contributed by atoms with Crippen molar-refractivity contribution in [2.24, 2.45) is 0 Å². The number of carbonyl (C=O) groups excluding carboxylic acids is 3. The summed E-state index contributed by atoms with van der Waals surface area (Å²) in [5, 5.41) is 0. The van der Waals surface area contributed by atoms with Crippen LogP contribution in [0.1, 0.15) is 27.6 Å². The molecule has 1 aliphatic rings. The van der Waals surface area contributed by atoms with Gasteiger partial charge in [0.25, 0.3) is 11.8 Å². The third kappa shape index (κ3) is 3.79. The van der Waals surface area contributed by atoms with Crippen molar-refractivity contribution in [3.63, 3.8) is 0 Å². The summed E-state index contributed by atoms with van der Waals surface area (Å²) >= 11 is 0. The summed E-state index contributed by atoms with van der Waals surface area (Å²) in [6, 6.07) is 5.66. The molecule has 5 nitrogen and oxygen atoms in total. The van der Waals surface area contributed by atoms with Gasteiger partial charge >= 0.3 is 5.97 Å². The van der Waals surface area contributed by atoms with E-state index in [4.69, 9.17) is 4.74 Å². The molecular weight excluding hydrogens is 334 g/mol. The molecule has 1 heterocycles. The van der Waals surface area contributed by atoms with Crippen molar-refractivity contribution in [2.45, 2.75) is 13.0 Å². The number of fused-ring (bicyclic) bond motifs is 1. The Bertz CT molecular complexity index is 597. The van der Waals surface area contributed by atoms with Crippen LogP contribution in [0.2, 0.25) is 0 Å². The van der Waals surface area contributed by atoms with Crippen LogP contribution in [0.25, 0.3) is 0 Å². The second kappa shape index (κ2) is 8.21. The van der Waals surface area contributed by atoms with E-state index in [-0.39, 0.29) is 12.4 Å². The molecule has 1 aliphatic heterocycles. The maximum absolute atomic E-state index is 12.5. The Kier molecular flexibility index (Phi) is 6.29. The summed E-state index contributed by atoms with van der Waals surface area (Å²) in [4.78, 5) is 38.3. The second-order valence-electron chi connectivity index (χ2n) is 4.65. The molecule has 0 aromatic heterocycles. The summed E-state index contributed by atoms with van der Waals surface area (Å²) in [7, 11) is 2.91. The monoisotopic (exact) mass is 351 g/mol. The van der Waals surface area contributed by atoms with E-state index in [9.17, 15) is 14.4 Å². The molecule has 1 aromatic rings. The lowest BCUT2D eigenvalue weighted by Crippen LogP contribution is -2.47. The topological polar surface area (TPSA) is 63.7 Å². The van der Waals surface area contributed by atoms with Gasteiger partial charge in [0, 0.05) is 11.5 Å². The molecule has 2 amide bonds. The molecule has 2 rings (SSSR count). The molecule has 23 heavy (non-hydrogen) atoms. The van der Waals surface area contributed by atoms with Gasteiger partial charge in [-0.05, 0) is 19.1 Å². The number of hydrogen-bond donors (Lipinski definition) is 0. The third-order valence-electron chi connectivity index (χ3n) is 3.19. The average molecular weight is 351 g/mol. The van der Waals surface area contributed by atoms with Gasteiger partial charge in [0.05, 0.1) is 17.7 Å². The fraction of sp³-hybridized carbons (Fsp3) is 0.312. The SMILES string of the molecule is C=CCSSCC(C(=O)OCC)N1C(=O)c2ccccc2C1=O. The Hall–Kier alpha value is -1.73. The van der Waals surface area contributed by atoms with Crippen molar-refractivity contribution < 1.29 is 19.1 Å². The number of imide groups is 1. The zero-order valence-corrected chi connectivity index (χ0v) is 14.3. The fourth-order valence-corrected chi connectivity index (χ4v) is 4.14. The zero-order valence-electron chi connectivity index (χ0n) is 12.7. The molecular formula is C16H17NO4S2. The van der Waals surface area contributed by atoms with Crippen LogP contribution in [0.3, 0.4) is 0 Å². The van der Waals surface area contributed by atoms with Gasteiger partial charge in [0.2, 0.25) is 0 Å². The van der Waals surface area contributed by atoms with Gasteiger partial charge in [-0.1, -0.05) is 39.8 Å². The first kappa shape index (κ1) is 17.6. The van der Waals surface area contributed by atoms with Gasteiger partial charge in [-0.2, -0.15) is 0 Å². The normalized spacial score (nSPS) is 14.6. The van der Waals surface area contributed by atoms with Crippen LogP contribution in [0, 0.1) is 0 Å². The van der Waals surface area contributed by atoms with E-state index in [2.05, 4.69) is 6.58 Å². The number of rotatable bonds is 8. The summed E-state index contributed by atoms with van der Waals surface area (Å²) in [6.45, 7) is 5.51. The summed E-state index contributed by atoms with van der Waals surface area (Å²) in [6.07, 6.45) is 1.75. The van der Waals surface area contributed by atoms with E-state index in [1.807, 2.05) is 0 Å². The highest BCUT2D eigenvalue weighted by molar-refractivity contribution is 8.76. The van der Waals surface area contributed by atoms with Crippen LogP contribution in [0.5, 0.6) is 0 Å². The number of nitrogens with zero attached hydrogens (tertiary/aromatic N) is 1. The molecule has 0 saturated heterocycles. The maximum Gasteiger partial charge on any atom is 0.330 e. The van der Waals surface area contributed by atoms with Gasteiger partial charge in [-0.15, -0.1) is 6.58 Å². The molecule has 0 N–H and O–H groups in total. The van der Waals surface area contributed by atoms with Crippen molar-refractivity contribution >= 4 is 39.4 Å². The molecule has 0 fully saturated rings. The molecule has 0 bridgehead atoms. The van der Waals surface area contributed by atoms with Crippen molar-refractivity contribution in [3.05, 3.63) is 48.0 Å². The molecule has 1 atom stereocenters. The highest BCUT2D eigenvalue weighted by Crippen LogP contribution is 2.29. The Morgan fingerprint density at radius 3 is 2.39 bits per heavy atom.